The number of carbonyl (C=O) groups is 1. The number of aryl methyl sites for hydroxylation is 1. The fraction of sp³-hybridized carbons (Fsp3) is 0.412. The van der Waals surface area contributed by atoms with Gasteiger partial charge in [-0.1, -0.05) is 39.0 Å². The van der Waals surface area contributed by atoms with Gasteiger partial charge in [-0.2, -0.15) is 5.10 Å². The van der Waals surface area contributed by atoms with Crippen LogP contribution < -0.4 is 10.6 Å². The molecule has 2 rings (SSSR count). The zero-order valence-electron chi connectivity index (χ0n) is 13.7. The summed E-state index contributed by atoms with van der Waals surface area (Å²) < 4.78 is 1.77. The number of amides is 1. The Bertz CT molecular complexity index is 646. The Morgan fingerprint density at radius 1 is 1.32 bits per heavy atom. The lowest BCUT2D eigenvalue weighted by Crippen LogP contribution is -2.17. The molecule has 0 fully saturated rings. The van der Waals surface area contributed by atoms with E-state index in [9.17, 15) is 4.79 Å². The molecule has 0 saturated carbocycles. The van der Waals surface area contributed by atoms with E-state index in [-0.39, 0.29) is 5.91 Å². The van der Waals surface area contributed by atoms with E-state index in [0.29, 0.717) is 11.6 Å². The van der Waals surface area contributed by atoms with E-state index in [1.165, 1.54) is 0 Å². The second-order valence-electron chi connectivity index (χ2n) is 5.62. The maximum atomic E-state index is 12.4. The first-order valence-electron chi connectivity index (χ1n) is 7.66. The van der Waals surface area contributed by atoms with Crippen molar-refractivity contribution in [3.63, 3.8) is 0 Å². The van der Waals surface area contributed by atoms with Crippen LogP contribution in [0.15, 0.2) is 30.3 Å². The minimum Gasteiger partial charge on any atom is -0.320 e. The van der Waals surface area contributed by atoms with Gasteiger partial charge in [-0.05, 0) is 30.2 Å². The van der Waals surface area contributed by atoms with Crippen LogP contribution in [0.2, 0.25) is 0 Å². The van der Waals surface area contributed by atoms with Crippen molar-refractivity contribution in [2.24, 2.45) is 7.05 Å². The standard InChI is InChI=1S/C17H24N4O/c1-5-18-11-13-8-6-7-9-14(13)19-17(22)15-10-16(12(2)3)21(4)20-15/h6-10,12,18H,5,11H2,1-4H3,(H,19,22). The molecule has 0 unspecified atom stereocenters. The summed E-state index contributed by atoms with van der Waals surface area (Å²) in [7, 11) is 1.87. The molecule has 0 aliphatic heterocycles. The van der Waals surface area contributed by atoms with Crippen LogP contribution in [-0.4, -0.2) is 22.2 Å². The van der Waals surface area contributed by atoms with Crippen molar-refractivity contribution >= 4 is 11.6 Å². The van der Waals surface area contributed by atoms with Gasteiger partial charge in [0, 0.05) is 25.0 Å². The van der Waals surface area contributed by atoms with Gasteiger partial charge in [0.15, 0.2) is 5.69 Å². The Kier molecular flexibility index (Phi) is 5.33. The largest absolute Gasteiger partial charge is 0.320 e. The Hall–Kier alpha value is -2.14. The van der Waals surface area contributed by atoms with E-state index in [0.717, 1.165) is 30.0 Å². The highest BCUT2D eigenvalue weighted by Gasteiger charge is 2.15. The zero-order chi connectivity index (χ0) is 16.1. The molecule has 0 saturated heterocycles. The summed E-state index contributed by atoms with van der Waals surface area (Å²) in [5, 5.41) is 10.5. The second kappa shape index (κ2) is 7.22. The van der Waals surface area contributed by atoms with Crippen LogP contribution in [-0.2, 0) is 13.6 Å². The fourth-order valence-electron chi connectivity index (χ4n) is 2.38. The Labute approximate surface area is 131 Å². The van der Waals surface area contributed by atoms with Crippen LogP contribution in [0.25, 0.3) is 0 Å². The second-order valence-corrected chi connectivity index (χ2v) is 5.62. The molecule has 1 aromatic heterocycles. The van der Waals surface area contributed by atoms with Crippen molar-refractivity contribution in [2.75, 3.05) is 11.9 Å². The number of nitrogens with one attached hydrogen (secondary N) is 2. The maximum Gasteiger partial charge on any atom is 0.276 e. The average Bonchev–Trinajstić information content (AvgIpc) is 2.88. The van der Waals surface area contributed by atoms with E-state index >= 15 is 0 Å². The molecule has 0 bridgehead atoms. The van der Waals surface area contributed by atoms with E-state index in [1.807, 2.05) is 37.4 Å². The number of aromatic nitrogens is 2. The highest BCUT2D eigenvalue weighted by atomic mass is 16.1. The van der Waals surface area contributed by atoms with Crippen LogP contribution in [0.5, 0.6) is 0 Å². The third kappa shape index (κ3) is 3.74. The lowest BCUT2D eigenvalue weighted by atomic mass is 10.1. The van der Waals surface area contributed by atoms with Gasteiger partial charge in [0.2, 0.25) is 0 Å². The van der Waals surface area contributed by atoms with Gasteiger partial charge in [0.1, 0.15) is 0 Å². The summed E-state index contributed by atoms with van der Waals surface area (Å²) in [6.45, 7) is 7.85. The SMILES string of the molecule is CCNCc1ccccc1NC(=O)c1cc(C(C)C)n(C)n1. The van der Waals surface area contributed by atoms with Crippen molar-refractivity contribution in [3.8, 4) is 0 Å². The highest BCUT2D eigenvalue weighted by Crippen LogP contribution is 2.18. The zero-order valence-corrected chi connectivity index (χ0v) is 13.7. The molecule has 0 spiro atoms. The third-order valence-corrected chi connectivity index (χ3v) is 3.57. The summed E-state index contributed by atoms with van der Waals surface area (Å²) in [6.07, 6.45) is 0. The van der Waals surface area contributed by atoms with Crippen molar-refractivity contribution in [3.05, 3.63) is 47.3 Å². The Morgan fingerprint density at radius 3 is 2.68 bits per heavy atom. The minimum atomic E-state index is -0.175. The molecule has 1 amide bonds. The lowest BCUT2D eigenvalue weighted by molar-refractivity contribution is 0.102. The van der Waals surface area contributed by atoms with Crippen molar-refractivity contribution in [1.82, 2.24) is 15.1 Å². The summed E-state index contributed by atoms with van der Waals surface area (Å²) in [5.41, 5.74) is 3.39. The van der Waals surface area contributed by atoms with Crippen LogP contribution >= 0.6 is 0 Å². The predicted molar refractivity (Wildman–Crippen MR) is 89.1 cm³/mol. The van der Waals surface area contributed by atoms with Gasteiger partial charge in [0.05, 0.1) is 0 Å². The van der Waals surface area contributed by atoms with E-state index in [2.05, 4.69) is 36.5 Å². The summed E-state index contributed by atoms with van der Waals surface area (Å²) in [5.74, 6) is 0.159. The van der Waals surface area contributed by atoms with Crippen molar-refractivity contribution in [1.29, 1.82) is 0 Å². The normalized spacial score (nSPS) is 11.0. The van der Waals surface area contributed by atoms with Gasteiger partial charge in [-0.15, -0.1) is 0 Å². The number of para-hydroxylation sites is 1. The quantitative estimate of drug-likeness (QED) is 0.862. The van der Waals surface area contributed by atoms with Gasteiger partial charge < -0.3 is 10.6 Å². The molecule has 2 N–H and O–H groups in total. The minimum absolute atomic E-state index is 0.175. The van der Waals surface area contributed by atoms with Gasteiger partial charge >= 0.3 is 0 Å². The fourth-order valence-corrected chi connectivity index (χ4v) is 2.38. The van der Waals surface area contributed by atoms with Crippen molar-refractivity contribution < 1.29 is 4.79 Å². The lowest BCUT2D eigenvalue weighted by Gasteiger charge is -2.10. The maximum absolute atomic E-state index is 12.4. The van der Waals surface area contributed by atoms with Gasteiger partial charge in [0.25, 0.3) is 5.91 Å². The summed E-state index contributed by atoms with van der Waals surface area (Å²) >= 11 is 0. The van der Waals surface area contributed by atoms with Crippen LogP contribution in [0, 0.1) is 0 Å². The molecule has 0 radical (unpaired) electrons. The number of nitrogens with zero attached hydrogens (tertiary/aromatic N) is 2. The number of carbonyl (C=O) groups excluding carboxylic acids is 1. The molecule has 0 aliphatic rings. The average molecular weight is 300 g/mol. The topological polar surface area (TPSA) is 58.9 Å². The Balaban J connectivity index is 2.17. The number of hydrogen-bond acceptors (Lipinski definition) is 3. The van der Waals surface area contributed by atoms with Crippen molar-refractivity contribution in [2.45, 2.75) is 33.2 Å². The molecule has 1 aromatic carbocycles. The molecule has 5 heteroatoms. The molecule has 2 aromatic rings. The summed E-state index contributed by atoms with van der Waals surface area (Å²) in [6, 6.07) is 9.67. The van der Waals surface area contributed by atoms with Gasteiger partial charge in [-0.3, -0.25) is 9.48 Å². The number of anilines is 1. The van der Waals surface area contributed by atoms with E-state index in [4.69, 9.17) is 0 Å². The molecule has 118 valence electrons. The number of benzene rings is 1. The molecule has 0 aliphatic carbocycles. The summed E-state index contributed by atoms with van der Waals surface area (Å²) in [4.78, 5) is 12.4. The first kappa shape index (κ1) is 16.2. The first-order chi connectivity index (χ1) is 10.5. The molecule has 1 heterocycles. The Morgan fingerprint density at radius 2 is 2.05 bits per heavy atom. The smallest absolute Gasteiger partial charge is 0.276 e. The number of hydrogen-bond donors (Lipinski definition) is 2. The van der Waals surface area contributed by atoms with E-state index < -0.39 is 0 Å². The monoisotopic (exact) mass is 300 g/mol. The predicted octanol–water partition coefficient (Wildman–Crippen LogP) is 2.91. The molecular weight excluding hydrogens is 276 g/mol. The van der Waals surface area contributed by atoms with Gasteiger partial charge in [-0.25, -0.2) is 0 Å². The van der Waals surface area contributed by atoms with Crippen LogP contribution in [0.4, 0.5) is 5.69 Å². The van der Waals surface area contributed by atoms with Crippen LogP contribution in [0.3, 0.4) is 0 Å². The van der Waals surface area contributed by atoms with Crippen LogP contribution in [0.1, 0.15) is 48.4 Å². The third-order valence-electron chi connectivity index (χ3n) is 3.57. The first-order valence-corrected chi connectivity index (χ1v) is 7.66. The van der Waals surface area contributed by atoms with E-state index in [1.54, 1.807) is 4.68 Å². The molecule has 5 nitrogen and oxygen atoms in total. The molecule has 0 atom stereocenters. The molecular formula is C17H24N4O. The molecule has 22 heavy (non-hydrogen) atoms. The highest BCUT2D eigenvalue weighted by molar-refractivity contribution is 6.03. The number of rotatable bonds is 6.